The summed E-state index contributed by atoms with van der Waals surface area (Å²) in [5.74, 6) is 0.908. The average molecular weight is 273 g/mol. The zero-order valence-corrected chi connectivity index (χ0v) is 11.9. The smallest absolute Gasteiger partial charge is 0.221 e. The van der Waals surface area contributed by atoms with Crippen molar-refractivity contribution >= 4 is 18.3 Å². The van der Waals surface area contributed by atoms with Crippen LogP contribution in [0, 0.1) is 6.92 Å². The highest BCUT2D eigenvalue weighted by Gasteiger charge is 2.03. The lowest BCUT2D eigenvalue weighted by molar-refractivity contribution is -0.121. The van der Waals surface area contributed by atoms with Crippen LogP contribution in [0.3, 0.4) is 0 Å². The molecule has 18 heavy (non-hydrogen) atoms. The third-order valence-corrected chi connectivity index (χ3v) is 2.56. The molecule has 0 radical (unpaired) electrons. The van der Waals surface area contributed by atoms with Crippen LogP contribution in [0.25, 0.3) is 0 Å². The summed E-state index contributed by atoms with van der Waals surface area (Å²) < 4.78 is 5.23. The van der Waals surface area contributed by atoms with E-state index in [9.17, 15) is 4.79 Å². The summed E-state index contributed by atoms with van der Waals surface area (Å²) in [5, 5.41) is 5.81. The number of hydrogen-bond acceptors (Lipinski definition) is 3. The minimum Gasteiger partial charge on any atom is -0.496 e. The molecule has 1 amide bonds. The van der Waals surface area contributed by atoms with Crippen molar-refractivity contribution in [1.29, 1.82) is 0 Å². The predicted molar refractivity (Wildman–Crippen MR) is 75.4 cm³/mol. The van der Waals surface area contributed by atoms with Crippen LogP contribution in [0.15, 0.2) is 18.2 Å². The van der Waals surface area contributed by atoms with Crippen LogP contribution >= 0.6 is 12.4 Å². The number of benzene rings is 1. The van der Waals surface area contributed by atoms with E-state index in [0.717, 1.165) is 16.9 Å². The van der Waals surface area contributed by atoms with E-state index < -0.39 is 0 Å². The fraction of sp³-hybridized carbons (Fsp3) is 0.462. The van der Waals surface area contributed by atoms with Gasteiger partial charge in [-0.15, -0.1) is 12.4 Å². The van der Waals surface area contributed by atoms with Crippen molar-refractivity contribution in [2.24, 2.45) is 0 Å². The average Bonchev–Trinajstić information content (AvgIpc) is 2.35. The summed E-state index contributed by atoms with van der Waals surface area (Å²) in [7, 11) is 3.48. The second kappa shape index (κ2) is 8.78. The summed E-state index contributed by atoms with van der Waals surface area (Å²) >= 11 is 0. The fourth-order valence-electron chi connectivity index (χ4n) is 1.50. The summed E-state index contributed by atoms with van der Waals surface area (Å²) in [6, 6.07) is 5.94. The molecule has 0 saturated carbocycles. The second-order valence-electron chi connectivity index (χ2n) is 3.93. The van der Waals surface area contributed by atoms with E-state index in [1.165, 1.54) is 0 Å². The molecule has 0 unspecified atom stereocenters. The number of halogens is 1. The molecule has 1 aromatic carbocycles. The zero-order chi connectivity index (χ0) is 12.7. The van der Waals surface area contributed by atoms with Crippen molar-refractivity contribution in [2.75, 3.05) is 20.7 Å². The lowest BCUT2D eigenvalue weighted by Gasteiger charge is -2.09. The van der Waals surface area contributed by atoms with Crippen LogP contribution in [0.5, 0.6) is 5.75 Å². The minimum absolute atomic E-state index is 0. The molecule has 0 aliphatic rings. The van der Waals surface area contributed by atoms with Gasteiger partial charge < -0.3 is 15.4 Å². The molecule has 0 bridgehead atoms. The Balaban J connectivity index is 0.00000289. The van der Waals surface area contributed by atoms with Gasteiger partial charge in [0.25, 0.3) is 0 Å². The maximum atomic E-state index is 11.4. The standard InChI is InChI=1S/C13H20N2O2.ClH/c1-10-4-5-11(8-12(10)17-3)9-15-13(16)6-7-14-2;/h4-5,8,14H,6-7,9H2,1-3H3,(H,15,16);1H. The summed E-state index contributed by atoms with van der Waals surface area (Å²) in [6.07, 6.45) is 0.500. The van der Waals surface area contributed by atoms with E-state index >= 15 is 0 Å². The number of aryl methyl sites for hydroxylation is 1. The van der Waals surface area contributed by atoms with E-state index in [-0.39, 0.29) is 18.3 Å². The van der Waals surface area contributed by atoms with Gasteiger partial charge in [0.2, 0.25) is 5.91 Å². The van der Waals surface area contributed by atoms with Gasteiger partial charge >= 0.3 is 0 Å². The molecule has 2 N–H and O–H groups in total. The van der Waals surface area contributed by atoms with Crippen LogP contribution in [0.2, 0.25) is 0 Å². The molecule has 5 heteroatoms. The number of methoxy groups -OCH3 is 1. The van der Waals surface area contributed by atoms with Crippen LogP contribution < -0.4 is 15.4 Å². The first-order chi connectivity index (χ1) is 8.17. The molecule has 0 heterocycles. The van der Waals surface area contributed by atoms with E-state index in [1.54, 1.807) is 7.11 Å². The predicted octanol–water partition coefficient (Wildman–Crippen LogP) is 1.65. The Labute approximate surface area is 115 Å². The van der Waals surface area contributed by atoms with E-state index in [4.69, 9.17) is 4.74 Å². The third-order valence-electron chi connectivity index (χ3n) is 2.56. The Morgan fingerprint density at radius 1 is 1.39 bits per heavy atom. The molecule has 1 aromatic rings. The van der Waals surface area contributed by atoms with Crippen LogP contribution in [0.4, 0.5) is 0 Å². The largest absolute Gasteiger partial charge is 0.496 e. The molecular weight excluding hydrogens is 252 g/mol. The van der Waals surface area contributed by atoms with Gasteiger partial charge in [-0.25, -0.2) is 0 Å². The highest BCUT2D eigenvalue weighted by atomic mass is 35.5. The third kappa shape index (κ3) is 5.38. The lowest BCUT2D eigenvalue weighted by Crippen LogP contribution is -2.26. The Kier molecular flexibility index (Phi) is 8.16. The number of carbonyl (C=O) groups excluding carboxylic acids is 1. The molecular formula is C13H21ClN2O2. The molecule has 0 spiro atoms. The number of ether oxygens (including phenoxy) is 1. The highest BCUT2D eigenvalue weighted by Crippen LogP contribution is 2.18. The van der Waals surface area contributed by atoms with Gasteiger partial charge in [-0.05, 0) is 31.2 Å². The molecule has 0 aromatic heterocycles. The van der Waals surface area contributed by atoms with Crippen LogP contribution in [-0.4, -0.2) is 26.6 Å². The molecule has 102 valence electrons. The minimum atomic E-state index is 0. The quantitative estimate of drug-likeness (QED) is 0.828. The Hall–Kier alpha value is -1.26. The topological polar surface area (TPSA) is 50.4 Å². The number of nitrogens with one attached hydrogen (secondary N) is 2. The van der Waals surface area contributed by atoms with Crippen molar-refractivity contribution in [3.8, 4) is 5.75 Å². The highest BCUT2D eigenvalue weighted by molar-refractivity contribution is 5.85. The Morgan fingerprint density at radius 2 is 2.11 bits per heavy atom. The second-order valence-corrected chi connectivity index (χ2v) is 3.93. The van der Waals surface area contributed by atoms with Gasteiger partial charge in [0.1, 0.15) is 5.75 Å². The van der Waals surface area contributed by atoms with Crippen molar-refractivity contribution in [3.63, 3.8) is 0 Å². The maximum Gasteiger partial charge on any atom is 0.221 e. The fourth-order valence-corrected chi connectivity index (χ4v) is 1.50. The molecule has 0 atom stereocenters. The Morgan fingerprint density at radius 3 is 2.72 bits per heavy atom. The van der Waals surface area contributed by atoms with Gasteiger partial charge in [-0.2, -0.15) is 0 Å². The van der Waals surface area contributed by atoms with Gasteiger partial charge in [-0.3, -0.25) is 4.79 Å². The molecule has 0 saturated heterocycles. The lowest BCUT2D eigenvalue weighted by atomic mass is 10.1. The summed E-state index contributed by atoms with van der Waals surface area (Å²) in [4.78, 5) is 11.4. The van der Waals surface area contributed by atoms with E-state index in [0.29, 0.717) is 19.5 Å². The van der Waals surface area contributed by atoms with Crippen LogP contribution in [0.1, 0.15) is 17.5 Å². The number of hydrogen-bond donors (Lipinski definition) is 2. The van der Waals surface area contributed by atoms with Crippen molar-refractivity contribution in [1.82, 2.24) is 10.6 Å². The number of rotatable bonds is 6. The number of amides is 1. The molecule has 0 aliphatic carbocycles. The first-order valence-corrected chi connectivity index (χ1v) is 5.72. The van der Waals surface area contributed by atoms with Crippen molar-refractivity contribution < 1.29 is 9.53 Å². The zero-order valence-electron chi connectivity index (χ0n) is 11.1. The van der Waals surface area contributed by atoms with Crippen molar-refractivity contribution in [3.05, 3.63) is 29.3 Å². The van der Waals surface area contributed by atoms with Crippen LogP contribution in [-0.2, 0) is 11.3 Å². The molecule has 1 rings (SSSR count). The summed E-state index contributed by atoms with van der Waals surface area (Å²) in [5.41, 5.74) is 2.14. The maximum absolute atomic E-state index is 11.4. The van der Waals surface area contributed by atoms with Gasteiger partial charge in [-0.1, -0.05) is 12.1 Å². The SMILES string of the molecule is CNCCC(=O)NCc1ccc(C)c(OC)c1.Cl. The van der Waals surface area contributed by atoms with Gasteiger partial charge in [0.05, 0.1) is 7.11 Å². The first kappa shape index (κ1) is 16.7. The van der Waals surface area contributed by atoms with Gasteiger partial charge in [0, 0.05) is 19.5 Å². The summed E-state index contributed by atoms with van der Waals surface area (Å²) in [6.45, 7) is 3.23. The van der Waals surface area contributed by atoms with Crippen molar-refractivity contribution in [2.45, 2.75) is 19.9 Å². The number of carbonyl (C=O) groups is 1. The van der Waals surface area contributed by atoms with E-state index in [1.807, 2.05) is 32.2 Å². The van der Waals surface area contributed by atoms with Gasteiger partial charge in [0.15, 0.2) is 0 Å². The monoisotopic (exact) mass is 272 g/mol. The molecule has 4 nitrogen and oxygen atoms in total. The first-order valence-electron chi connectivity index (χ1n) is 5.72. The molecule has 0 fully saturated rings. The normalized spacial score (nSPS) is 9.50. The van der Waals surface area contributed by atoms with E-state index in [2.05, 4.69) is 10.6 Å². The Bertz CT molecular complexity index is 383. The molecule has 0 aliphatic heterocycles.